The van der Waals surface area contributed by atoms with Crippen molar-refractivity contribution in [3.05, 3.63) is 0 Å². The van der Waals surface area contributed by atoms with Gasteiger partial charge in [0.1, 0.15) is 0 Å². The van der Waals surface area contributed by atoms with Crippen molar-refractivity contribution in [1.29, 1.82) is 0 Å². The second kappa shape index (κ2) is 6.88. The van der Waals surface area contributed by atoms with Gasteiger partial charge >= 0.3 is 6.03 Å². The van der Waals surface area contributed by atoms with Gasteiger partial charge in [0, 0.05) is 32.6 Å². The molecule has 0 bridgehead atoms. The van der Waals surface area contributed by atoms with E-state index in [1.165, 1.54) is 19.3 Å². The molecule has 0 aromatic carbocycles. The number of rotatable bonds is 3. The molecular formula is C17H31N3O2. The number of urea groups is 1. The van der Waals surface area contributed by atoms with Crippen molar-refractivity contribution in [2.45, 2.75) is 52.9 Å². The molecule has 1 saturated carbocycles. The molecule has 2 atom stereocenters. The zero-order valence-corrected chi connectivity index (χ0v) is 14.3. The van der Waals surface area contributed by atoms with Crippen LogP contribution in [0.4, 0.5) is 4.79 Å². The highest BCUT2D eigenvalue weighted by Gasteiger charge is 2.37. The lowest BCUT2D eigenvalue weighted by Crippen LogP contribution is -2.52. The van der Waals surface area contributed by atoms with Crippen LogP contribution in [0.2, 0.25) is 0 Å². The summed E-state index contributed by atoms with van der Waals surface area (Å²) in [5, 5.41) is 0. The fraction of sp³-hybridized carbons (Fsp3) is 0.882. The molecule has 5 nitrogen and oxygen atoms in total. The Morgan fingerprint density at radius 2 is 1.73 bits per heavy atom. The Balaban J connectivity index is 1.81. The molecule has 2 unspecified atom stereocenters. The van der Waals surface area contributed by atoms with Crippen LogP contribution < -0.4 is 5.73 Å². The van der Waals surface area contributed by atoms with Crippen LogP contribution in [0.1, 0.15) is 52.9 Å². The minimum Gasteiger partial charge on any atom is -0.351 e. The maximum atomic E-state index is 12.4. The minimum absolute atomic E-state index is 0.234. The standard InChI is InChI=1S/C17H31N3O2/c1-13-5-4-8-17(2,3)14(13)6-7-15(21)19-9-11-20(12-10-19)16(18)22/h13-14H,4-12H2,1-3H3,(H2,18,22). The van der Waals surface area contributed by atoms with Crippen LogP contribution in [0.3, 0.4) is 0 Å². The monoisotopic (exact) mass is 309 g/mol. The van der Waals surface area contributed by atoms with E-state index in [4.69, 9.17) is 5.73 Å². The molecule has 0 aromatic rings. The van der Waals surface area contributed by atoms with Gasteiger partial charge in [0.05, 0.1) is 0 Å². The summed E-state index contributed by atoms with van der Waals surface area (Å²) in [5.41, 5.74) is 5.62. The molecule has 2 N–H and O–H groups in total. The Labute approximate surface area is 134 Å². The normalized spacial score (nSPS) is 28.5. The average molecular weight is 309 g/mol. The molecule has 0 radical (unpaired) electrons. The fourth-order valence-corrected chi connectivity index (χ4v) is 4.33. The number of piperazine rings is 1. The average Bonchev–Trinajstić information content (AvgIpc) is 2.46. The van der Waals surface area contributed by atoms with Crippen molar-refractivity contribution in [3.63, 3.8) is 0 Å². The topological polar surface area (TPSA) is 66.6 Å². The van der Waals surface area contributed by atoms with Crippen molar-refractivity contribution in [2.24, 2.45) is 23.0 Å². The number of primary amides is 1. The Kier molecular flexibility index (Phi) is 5.35. The first kappa shape index (κ1) is 17.1. The highest BCUT2D eigenvalue weighted by Crippen LogP contribution is 2.46. The van der Waals surface area contributed by atoms with Crippen LogP contribution in [0.5, 0.6) is 0 Å². The van der Waals surface area contributed by atoms with E-state index in [-0.39, 0.29) is 11.9 Å². The zero-order valence-electron chi connectivity index (χ0n) is 14.3. The first-order valence-electron chi connectivity index (χ1n) is 8.63. The maximum absolute atomic E-state index is 12.4. The van der Waals surface area contributed by atoms with Gasteiger partial charge in [0.2, 0.25) is 5.91 Å². The van der Waals surface area contributed by atoms with Gasteiger partial charge in [-0.1, -0.05) is 33.6 Å². The van der Waals surface area contributed by atoms with Crippen LogP contribution in [-0.2, 0) is 4.79 Å². The molecule has 2 fully saturated rings. The molecule has 1 saturated heterocycles. The third kappa shape index (κ3) is 3.93. The summed E-state index contributed by atoms with van der Waals surface area (Å²) in [7, 11) is 0. The van der Waals surface area contributed by atoms with Gasteiger partial charge < -0.3 is 15.5 Å². The molecule has 2 rings (SSSR count). The number of hydrogen-bond acceptors (Lipinski definition) is 2. The minimum atomic E-state index is -0.384. The van der Waals surface area contributed by atoms with Crippen molar-refractivity contribution in [1.82, 2.24) is 9.80 Å². The Morgan fingerprint density at radius 3 is 2.27 bits per heavy atom. The predicted octanol–water partition coefficient (Wildman–Crippen LogP) is 2.45. The molecule has 2 aliphatic rings. The lowest BCUT2D eigenvalue weighted by atomic mass is 9.62. The summed E-state index contributed by atoms with van der Waals surface area (Å²) in [4.78, 5) is 27.0. The quantitative estimate of drug-likeness (QED) is 0.870. The van der Waals surface area contributed by atoms with Gasteiger partial charge in [-0.2, -0.15) is 0 Å². The Hall–Kier alpha value is -1.26. The van der Waals surface area contributed by atoms with Crippen LogP contribution in [0.25, 0.3) is 0 Å². The van der Waals surface area contributed by atoms with Crippen molar-refractivity contribution in [3.8, 4) is 0 Å². The van der Waals surface area contributed by atoms with E-state index in [1.807, 2.05) is 4.90 Å². The molecule has 1 aliphatic heterocycles. The van der Waals surface area contributed by atoms with Crippen LogP contribution in [0, 0.1) is 17.3 Å². The van der Waals surface area contributed by atoms with E-state index in [0.717, 1.165) is 6.42 Å². The molecule has 22 heavy (non-hydrogen) atoms. The van der Waals surface area contributed by atoms with Gasteiger partial charge in [-0.3, -0.25) is 4.79 Å². The molecular weight excluding hydrogens is 278 g/mol. The number of carbonyl (C=O) groups is 2. The largest absolute Gasteiger partial charge is 0.351 e. The lowest BCUT2D eigenvalue weighted by molar-refractivity contribution is -0.133. The van der Waals surface area contributed by atoms with Crippen LogP contribution in [0.15, 0.2) is 0 Å². The summed E-state index contributed by atoms with van der Waals surface area (Å²) < 4.78 is 0. The number of amides is 3. The number of nitrogens with zero attached hydrogens (tertiary/aromatic N) is 2. The summed E-state index contributed by atoms with van der Waals surface area (Å²) >= 11 is 0. The number of nitrogens with two attached hydrogens (primary N) is 1. The summed E-state index contributed by atoms with van der Waals surface area (Å²) in [6, 6.07) is -0.384. The highest BCUT2D eigenvalue weighted by atomic mass is 16.2. The molecule has 0 aromatic heterocycles. The van der Waals surface area contributed by atoms with Gasteiger partial charge in [-0.05, 0) is 30.1 Å². The second-order valence-electron chi connectivity index (χ2n) is 7.71. The lowest BCUT2D eigenvalue weighted by Gasteiger charge is -2.43. The summed E-state index contributed by atoms with van der Waals surface area (Å²) in [6.07, 6.45) is 5.50. The van der Waals surface area contributed by atoms with Crippen LogP contribution >= 0.6 is 0 Å². The van der Waals surface area contributed by atoms with Crippen molar-refractivity contribution < 1.29 is 9.59 Å². The first-order chi connectivity index (χ1) is 10.3. The smallest absolute Gasteiger partial charge is 0.314 e. The van der Waals surface area contributed by atoms with E-state index in [2.05, 4.69) is 20.8 Å². The fourth-order valence-electron chi connectivity index (χ4n) is 4.33. The van der Waals surface area contributed by atoms with E-state index < -0.39 is 0 Å². The summed E-state index contributed by atoms with van der Waals surface area (Å²) in [6.45, 7) is 9.39. The van der Waals surface area contributed by atoms with E-state index >= 15 is 0 Å². The third-order valence-corrected chi connectivity index (χ3v) is 5.78. The van der Waals surface area contributed by atoms with Gasteiger partial charge in [0.25, 0.3) is 0 Å². The molecule has 1 aliphatic carbocycles. The van der Waals surface area contributed by atoms with Crippen LogP contribution in [-0.4, -0.2) is 47.9 Å². The van der Waals surface area contributed by atoms with Crippen molar-refractivity contribution in [2.75, 3.05) is 26.2 Å². The number of hydrogen-bond donors (Lipinski definition) is 1. The Morgan fingerprint density at radius 1 is 1.14 bits per heavy atom. The highest BCUT2D eigenvalue weighted by molar-refractivity contribution is 5.77. The van der Waals surface area contributed by atoms with Gasteiger partial charge in [0.15, 0.2) is 0 Å². The van der Waals surface area contributed by atoms with E-state index in [1.54, 1.807) is 4.90 Å². The molecule has 5 heteroatoms. The summed E-state index contributed by atoms with van der Waals surface area (Å²) in [5.74, 6) is 1.58. The molecule has 0 spiro atoms. The van der Waals surface area contributed by atoms with E-state index in [9.17, 15) is 9.59 Å². The second-order valence-corrected chi connectivity index (χ2v) is 7.71. The zero-order chi connectivity index (χ0) is 16.3. The van der Waals surface area contributed by atoms with E-state index in [0.29, 0.717) is 49.9 Å². The predicted molar refractivity (Wildman–Crippen MR) is 87.3 cm³/mol. The molecule has 3 amide bonds. The SMILES string of the molecule is CC1CCCC(C)(C)C1CCC(=O)N1CCN(C(N)=O)CC1. The molecule has 126 valence electrons. The number of carbonyl (C=O) groups excluding carboxylic acids is 2. The maximum Gasteiger partial charge on any atom is 0.314 e. The molecule has 1 heterocycles. The first-order valence-corrected chi connectivity index (χ1v) is 8.63. The van der Waals surface area contributed by atoms with Crippen molar-refractivity contribution >= 4 is 11.9 Å². The van der Waals surface area contributed by atoms with Gasteiger partial charge in [-0.25, -0.2) is 4.79 Å². The Bertz CT molecular complexity index is 414. The van der Waals surface area contributed by atoms with Gasteiger partial charge in [-0.15, -0.1) is 0 Å². The third-order valence-electron chi connectivity index (χ3n) is 5.78.